The van der Waals surface area contributed by atoms with E-state index in [1.165, 1.54) is 17.4 Å². The Labute approximate surface area is 153 Å². The molecular formula is C17H15N3O5S. The second-order valence-corrected chi connectivity index (χ2v) is 6.39. The van der Waals surface area contributed by atoms with Crippen LogP contribution in [0, 0.1) is 0 Å². The molecule has 0 spiro atoms. The molecule has 9 heteroatoms. The summed E-state index contributed by atoms with van der Waals surface area (Å²) in [6.07, 6.45) is 2.63. The number of nitrogens with zero attached hydrogens (tertiary/aromatic N) is 3. The van der Waals surface area contributed by atoms with E-state index in [0.717, 1.165) is 11.8 Å². The van der Waals surface area contributed by atoms with Crippen molar-refractivity contribution in [3.8, 4) is 5.75 Å². The zero-order chi connectivity index (χ0) is 18.5. The van der Waals surface area contributed by atoms with E-state index >= 15 is 0 Å². The number of thioether (sulfide) groups is 1. The van der Waals surface area contributed by atoms with E-state index in [2.05, 4.69) is 10.2 Å². The van der Waals surface area contributed by atoms with Gasteiger partial charge >= 0.3 is 5.97 Å². The SMILES string of the molecule is COc1ccc(N2C(=O)[C@H](CC(=O)O)S/C2=N\N=C\c2ccco2)cc1. The Morgan fingerprint density at radius 2 is 2.15 bits per heavy atom. The Morgan fingerprint density at radius 1 is 1.38 bits per heavy atom. The Kier molecular flexibility index (Phi) is 5.37. The van der Waals surface area contributed by atoms with E-state index < -0.39 is 11.2 Å². The predicted octanol–water partition coefficient (Wildman–Crippen LogP) is 2.60. The minimum Gasteiger partial charge on any atom is -0.497 e. The van der Waals surface area contributed by atoms with Gasteiger partial charge in [0.15, 0.2) is 5.17 Å². The fraction of sp³-hybridized carbons (Fsp3) is 0.176. The highest BCUT2D eigenvalue weighted by Gasteiger charge is 2.40. The second-order valence-electron chi connectivity index (χ2n) is 5.22. The highest BCUT2D eigenvalue weighted by Crippen LogP contribution is 2.34. The first-order valence-corrected chi connectivity index (χ1v) is 8.47. The third-order valence-corrected chi connectivity index (χ3v) is 4.62. The van der Waals surface area contributed by atoms with Gasteiger partial charge in [-0.3, -0.25) is 14.5 Å². The van der Waals surface area contributed by atoms with Crippen LogP contribution in [0.1, 0.15) is 12.2 Å². The quantitative estimate of drug-likeness (QED) is 0.616. The van der Waals surface area contributed by atoms with Crippen LogP contribution in [0.15, 0.2) is 57.3 Å². The second kappa shape index (κ2) is 7.87. The number of rotatable bonds is 6. The number of aliphatic carboxylic acids is 1. The van der Waals surface area contributed by atoms with Gasteiger partial charge in [0.2, 0.25) is 5.91 Å². The number of carboxylic acid groups (broad SMARTS) is 1. The fourth-order valence-electron chi connectivity index (χ4n) is 2.29. The first-order valence-electron chi connectivity index (χ1n) is 7.59. The van der Waals surface area contributed by atoms with E-state index in [1.54, 1.807) is 43.5 Å². The molecule has 3 rings (SSSR count). The monoisotopic (exact) mass is 373 g/mol. The van der Waals surface area contributed by atoms with Gasteiger partial charge in [0.25, 0.3) is 0 Å². The standard InChI is InChI=1S/C17H15N3O5S/c1-24-12-6-4-11(5-7-12)20-16(23)14(9-15(21)22)26-17(20)19-18-10-13-3-2-8-25-13/h2-8,10,14H,9H2,1H3,(H,21,22)/b18-10+,19-17-/t14-/m0/s1. The molecule has 1 aliphatic heterocycles. The maximum atomic E-state index is 12.7. The van der Waals surface area contributed by atoms with Crippen LogP contribution in [0.4, 0.5) is 5.69 Å². The summed E-state index contributed by atoms with van der Waals surface area (Å²) in [4.78, 5) is 25.0. The molecule has 1 aromatic carbocycles. The summed E-state index contributed by atoms with van der Waals surface area (Å²) in [5.74, 6) is -0.244. The molecule has 1 N–H and O–H groups in total. The molecule has 26 heavy (non-hydrogen) atoms. The van der Waals surface area contributed by atoms with Crippen molar-refractivity contribution in [1.29, 1.82) is 0 Å². The molecule has 1 aliphatic rings. The predicted molar refractivity (Wildman–Crippen MR) is 97.8 cm³/mol. The van der Waals surface area contributed by atoms with E-state index in [4.69, 9.17) is 14.3 Å². The zero-order valence-electron chi connectivity index (χ0n) is 13.7. The van der Waals surface area contributed by atoms with Crippen molar-refractivity contribution in [3.63, 3.8) is 0 Å². The van der Waals surface area contributed by atoms with E-state index in [-0.39, 0.29) is 12.3 Å². The van der Waals surface area contributed by atoms with Crippen molar-refractivity contribution in [2.75, 3.05) is 12.0 Å². The lowest BCUT2D eigenvalue weighted by molar-refractivity contribution is -0.138. The number of amides is 1. The van der Waals surface area contributed by atoms with Crippen molar-refractivity contribution < 1.29 is 23.8 Å². The Balaban J connectivity index is 1.89. The number of hydrogen-bond donors (Lipinski definition) is 1. The van der Waals surface area contributed by atoms with E-state index in [9.17, 15) is 9.59 Å². The van der Waals surface area contributed by atoms with Crippen LogP contribution in [0.3, 0.4) is 0 Å². The number of carboxylic acids is 1. The Bertz CT molecular complexity index is 846. The molecule has 0 saturated carbocycles. The molecule has 1 saturated heterocycles. The van der Waals surface area contributed by atoms with Crippen molar-refractivity contribution in [1.82, 2.24) is 0 Å². The maximum absolute atomic E-state index is 12.7. The molecule has 0 bridgehead atoms. The molecule has 1 atom stereocenters. The number of anilines is 1. The van der Waals surface area contributed by atoms with Gasteiger partial charge in [-0.1, -0.05) is 11.8 Å². The van der Waals surface area contributed by atoms with Gasteiger partial charge in [0.1, 0.15) is 16.8 Å². The average molecular weight is 373 g/mol. The molecule has 0 unspecified atom stereocenters. The van der Waals surface area contributed by atoms with Gasteiger partial charge in [-0.25, -0.2) is 0 Å². The molecule has 0 aliphatic carbocycles. The highest BCUT2D eigenvalue weighted by atomic mass is 32.2. The van der Waals surface area contributed by atoms with Crippen molar-refractivity contribution in [3.05, 3.63) is 48.4 Å². The molecule has 2 heterocycles. The summed E-state index contributed by atoms with van der Waals surface area (Å²) >= 11 is 1.07. The fourth-order valence-corrected chi connectivity index (χ4v) is 3.38. The van der Waals surface area contributed by atoms with Crippen LogP contribution in [0.5, 0.6) is 5.75 Å². The molecule has 8 nitrogen and oxygen atoms in total. The minimum atomic E-state index is -1.05. The summed E-state index contributed by atoms with van der Waals surface area (Å²) in [7, 11) is 1.55. The first-order chi connectivity index (χ1) is 12.6. The zero-order valence-corrected chi connectivity index (χ0v) is 14.5. The number of carbonyl (C=O) groups excluding carboxylic acids is 1. The largest absolute Gasteiger partial charge is 0.497 e. The van der Waals surface area contributed by atoms with Crippen molar-refractivity contribution in [2.45, 2.75) is 11.7 Å². The molecule has 1 amide bonds. The van der Waals surface area contributed by atoms with Gasteiger partial charge in [-0.15, -0.1) is 5.10 Å². The van der Waals surface area contributed by atoms with Crippen LogP contribution < -0.4 is 9.64 Å². The minimum absolute atomic E-state index is 0.295. The van der Waals surface area contributed by atoms with Crippen LogP contribution in [0.25, 0.3) is 0 Å². The van der Waals surface area contributed by atoms with Gasteiger partial charge in [0, 0.05) is 0 Å². The summed E-state index contributed by atoms with van der Waals surface area (Å²) in [5, 5.41) is 16.6. The maximum Gasteiger partial charge on any atom is 0.305 e. The van der Waals surface area contributed by atoms with Gasteiger partial charge < -0.3 is 14.3 Å². The van der Waals surface area contributed by atoms with Crippen LogP contribution in [0.2, 0.25) is 0 Å². The molecular weight excluding hydrogens is 358 g/mol. The van der Waals surface area contributed by atoms with E-state index in [0.29, 0.717) is 22.4 Å². The number of furan rings is 1. The Morgan fingerprint density at radius 3 is 2.77 bits per heavy atom. The third kappa shape index (κ3) is 3.94. The smallest absolute Gasteiger partial charge is 0.305 e. The highest BCUT2D eigenvalue weighted by molar-refractivity contribution is 8.16. The van der Waals surface area contributed by atoms with Crippen molar-refractivity contribution in [2.24, 2.45) is 10.2 Å². The molecule has 1 fully saturated rings. The Hall–Kier alpha value is -3.07. The van der Waals surface area contributed by atoms with Gasteiger partial charge in [-0.2, -0.15) is 5.10 Å². The molecule has 0 radical (unpaired) electrons. The lowest BCUT2D eigenvalue weighted by Gasteiger charge is -2.16. The third-order valence-electron chi connectivity index (χ3n) is 3.50. The lowest BCUT2D eigenvalue weighted by atomic mass is 10.2. The number of ether oxygens (including phenoxy) is 1. The molecule has 1 aromatic heterocycles. The topological polar surface area (TPSA) is 105 Å². The van der Waals surface area contributed by atoms with Gasteiger partial charge in [0.05, 0.1) is 31.7 Å². The van der Waals surface area contributed by atoms with Gasteiger partial charge in [-0.05, 0) is 36.4 Å². The van der Waals surface area contributed by atoms with Crippen molar-refractivity contribution >= 4 is 40.7 Å². The number of amidine groups is 1. The summed E-state index contributed by atoms with van der Waals surface area (Å²) in [6.45, 7) is 0. The lowest BCUT2D eigenvalue weighted by Crippen LogP contribution is -2.32. The normalized spacial score (nSPS) is 18.8. The number of benzene rings is 1. The first kappa shape index (κ1) is 17.7. The van der Waals surface area contributed by atoms with Crippen LogP contribution in [-0.4, -0.2) is 40.7 Å². The van der Waals surface area contributed by atoms with Crippen LogP contribution in [-0.2, 0) is 9.59 Å². The molecule has 134 valence electrons. The number of hydrogen-bond acceptors (Lipinski definition) is 7. The summed E-state index contributed by atoms with van der Waals surface area (Å²) in [5.41, 5.74) is 0.558. The summed E-state index contributed by atoms with van der Waals surface area (Å²) < 4.78 is 10.2. The average Bonchev–Trinajstić information content (AvgIpc) is 3.24. The number of methoxy groups -OCH3 is 1. The van der Waals surface area contributed by atoms with E-state index in [1.807, 2.05) is 0 Å². The van der Waals surface area contributed by atoms with Crippen LogP contribution >= 0.6 is 11.8 Å². The summed E-state index contributed by atoms with van der Waals surface area (Å²) in [6, 6.07) is 10.3. The number of carbonyl (C=O) groups is 2. The molecule has 2 aromatic rings.